The molecule has 43 heavy (non-hydrogen) atoms. The maximum Gasteiger partial charge on any atom is 0.712 e. The number of rotatable bonds is 20. The Bertz CT molecular complexity index is 1360. The highest BCUT2D eigenvalue weighted by Crippen LogP contribution is 2.47. The van der Waals surface area contributed by atoms with Crippen molar-refractivity contribution in [2.75, 3.05) is 14.2 Å². The predicted octanol–water partition coefficient (Wildman–Crippen LogP) is 6.70. The third-order valence-electron chi connectivity index (χ3n) is 8.86. The molecule has 4 rings (SSSR count). The van der Waals surface area contributed by atoms with E-state index in [2.05, 4.69) is 44.2 Å². The molecule has 8 heteroatoms. The van der Waals surface area contributed by atoms with Gasteiger partial charge in [-0.3, -0.25) is 0 Å². The Morgan fingerprint density at radius 1 is 0.698 bits per heavy atom. The average molecular weight is 588 g/mol. The van der Waals surface area contributed by atoms with E-state index in [4.69, 9.17) is 18.6 Å². The summed E-state index contributed by atoms with van der Waals surface area (Å²) >= 11 is 0. The van der Waals surface area contributed by atoms with Crippen LogP contribution in [0.15, 0.2) is 59.9 Å². The molecule has 0 aliphatic heterocycles. The molecule has 0 saturated heterocycles. The van der Waals surface area contributed by atoms with Crippen LogP contribution in [0.2, 0.25) is 0 Å². The molecule has 2 aromatic carbocycles. The monoisotopic (exact) mass is 588 g/mol. The lowest BCUT2D eigenvalue weighted by Crippen LogP contribution is -2.30. The van der Waals surface area contributed by atoms with Crippen LogP contribution >= 0.6 is 0 Å². The molecule has 0 amide bonds. The van der Waals surface area contributed by atoms with E-state index in [1.54, 1.807) is 14.2 Å². The van der Waals surface area contributed by atoms with Crippen LogP contribution in [0.1, 0.15) is 104 Å². The largest absolute Gasteiger partial charge is 0.712 e. The minimum Gasteiger partial charge on any atom is -0.512 e. The maximum atomic E-state index is 10.0. The second-order valence-electron chi connectivity index (χ2n) is 12.1. The van der Waals surface area contributed by atoms with E-state index in [1.165, 1.54) is 64.2 Å². The summed E-state index contributed by atoms with van der Waals surface area (Å²) in [6.07, 6.45) is 21.2. The molecular formula is C35H50B2O6. The van der Waals surface area contributed by atoms with Crippen molar-refractivity contribution in [3.8, 4) is 0 Å². The van der Waals surface area contributed by atoms with Crippen LogP contribution in [0.5, 0.6) is 0 Å². The topological polar surface area (TPSA) is 77.4 Å². The van der Waals surface area contributed by atoms with Crippen molar-refractivity contribution in [3.63, 3.8) is 0 Å². The number of allylic oxidation sites excluding steroid dienone is 3. The van der Waals surface area contributed by atoms with E-state index in [-0.39, 0.29) is 5.41 Å². The Morgan fingerprint density at radius 3 is 1.91 bits per heavy atom. The van der Waals surface area contributed by atoms with Gasteiger partial charge in [-0.05, 0) is 29.7 Å². The SMILES string of the molecule is CCCCCCCCC1(CCCCCCCC)C=C(OB(OC)OC)C2=c3c(ccc4ccccc34)=C(OB(O)O)C2=C1. The van der Waals surface area contributed by atoms with Crippen molar-refractivity contribution >= 4 is 36.7 Å². The van der Waals surface area contributed by atoms with Gasteiger partial charge in [0.15, 0.2) is 0 Å². The second-order valence-corrected chi connectivity index (χ2v) is 12.1. The molecule has 0 aromatic heterocycles. The quantitative estimate of drug-likeness (QED) is 0.132. The lowest BCUT2D eigenvalue weighted by Gasteiger charge is -2.35. The Morgan fingerprint density at radius 2 is 1.30 bits per heavy atom. The van der Waals surface area contributed by atoms with Crippen LogP contribution in [0.4, 0.5) is 0 Å². The van der Waals surface area contributed by atoms with E-state index >= 15 is 0 Å². The van der Waals surface area contributed by atoms with Crippen molar-refractivity contribution in [1.82, 2.24) is 0 Å². The highest BCUT2D eigenvalue weighted by molar-refractivity contribution is 6.37. The van der Waals surface area contributed by atoms with Crippen LogP contribution < -0.4 is 10.4 Å². The summed E-state index contributed by atoms with van der Waals surface area (Å²) in [6.45, 7) is 4.50. The molecule has 0 unspecified atom stereocenters. The molecule has 2 aliphatic rings. The van der Waals surface area contributed by atoms with Gasteiger partial charge in [0, 0.05) is 41.2 Å². The summed E-state index contributed by atoms with van der Waals surface area (Å²) in [5.74, 6) is 1.16. The van der Waals surface area contributed by atoms with Gasteiger partial charge >= 0.3 is 14.6 Å². The molecule has 0 bridgehead atoms. The number of hydrogen-bond donors (Lipinski definition) is 2. The van der Waals surface area contributed by atoms with Crippen LogP contribution in [0.3, 0.4) is 0 Å². The molecule has 0 fully saturated rings. The van der Waals surface area contributed by atoms with Gasteiger partial charge in [-0.2, -0.15) is 0 Å². The van der Waals surface area contributed by atoms with Gasteiger partial charge in [0.05, 0.1) is 0 Å². The summed E-state index contributed by atoms with van der Waals surface area (Å²) in [5.41, 5.74) is 1.45. The first-order valence-electron chi connectivity index (χ1n) is 16.4. The van der Waals surface area contributed by atoms with Crippen LogP contribution in [-0.4, -0.2) is 38.9 Å². The maximum absolute atomic E-state index is 10.0. The van der Waals surface area contributed by atoms with Crippen LogP contribution in [0.25, 0.3) is 22.1 Å². The summed E-state index contributed by atoms with van der Waals surface area (Å²) in [5, 5.41) is 24.0. The lowest BCUT2D eigenvalue weighted by molar-refractivity contribution is 0.172. The fourth-order valence-electron chi connectivity index (χ4n) is 6.68. The molecule has 0 heterocycles. The normalized spacial score (nSPS) is 15.2. The van der Waals surface area contributed by atoms with Crippen molar-refractivity contribution in [1.29, 1.82) is 0 Å². The smallest absolute Gasteiger partial charge is 0.512 e. The summed E-state index contributed by atoms with van der Waals surface area (Å²) < 4.78 is 23.3. The highest BCUT2D eigenvalue weighted by Gasteiger charge is 2.39. The molecule has 2 aliphatic carbocycles. The fraction of sp³-hybridized carbons (Fsp3) is 0.543. The molecule has 232 valence electrons. The van der Waals surface area contributed by atoms with E-state index < -0.39 is 14.6 Å². The first kappa shape index (κ1) is 33.4. The molecule has 0 saturated carbocycles. The Labute approximate surface area is 258 Å². The Kier molecular flexibility index (Phi) is 12.8. The predicted molar refractivity (Wildman–Crippen MR) is 177 cm³/mol. The zero-order valence-corrected chi connectivity index (χ0v) is 26.7. The van der Waals surface area contributed by atoms with Crippen LogP contribution in [-0.2, 0) is 18.6 Å². The molecule has 2 N–H and O–H groups in total. The van der Waals surface area contributed by atoms with Gasteiger partial charge in [-0.25, -0.2) is 0 Å². The third kappa shape index (κ3) is 8.36. The van der Waals surface area contributed by atoms with Gasteiger partial charge in [0.2, 0.25) is 0 Å². The molecule has 0 spiro atoms. The Hall–Kier alpha value is -2.51. The van der Waals surface area contributed by atoms with E-state index in [1.807, 2.05) is 18.2 Å². The van der Waals surface area contributed by atoms with E-state index in [0.717, 1.165) is 58.0 Å². The summed E-state index contributed by atoms with van der Waals surface area (Å²) in [4.78, 5) is 0. The summed E-state index contributed by atoms with van der Waals surface area (Å²) in [7, 11) is 0.312. The zero-order chi connectivity index (χ0) is 30.7. The average Bonchev–Trinajstić information content (AvgIpc) is 3.32. The van der Waals surface area contributed by atoms with Crippen molar-refractivity contribution in [2.45, 2.75) is 104 Å². The van der Waals surface area contributed by atoms with Gasteiger partial charge in [-0.15, -0.1) is 0 Å². The van der Waals surface area contributed by atoms with Crippen molar-refractivity contribution < 1.29 is 28.7 Å². The van der Waals surface area contributed by atoms with E-state index in [0.29, 0.717) is 11.5 Å². The van der Waals surface area contributed by atoms with Crippen LogP contribution in [0, 0.1) is 5.41 Å². The molecule has 0 radical (unpaired) electrons. The minimum atomic E-state index is -1.94. The van der Waals surface area contributed by atoms with Gasteiger partial charge in [0.25, 0.3) is 0 Å². The Balaban J connectivity index is 1.84. The zero-order valence-electron chi connectivity index (χ0n) is 26.7. The number of hydrogen-bond acceptors (Lipinski definition) is 6. The highest BCUT2D eigenvalue weighted by atomic mass is 16.7. The second kappa shape index (κ2) is 16.5. The molecular weight excluding hydrogens is 538 g/mol. The number of fused-ring (bicyclic) bond motifs is 4. The summed E-state index contributed by atoms with van der Waals surface area (Å²) in [6, 6.07) is 12.3. The van der Waals surface area contributed by atoms with E-state index in [9.17, 15) is 10.0 Å². The van der Waals surface area contributed by atoms with Gasteiger partial charge in [0.1, 0.15) is 11.5 Å². The third-order valence-corrected chi connectivity index (χ3v) is 8.86. The van der Waals surface area contributed by atoms with Crippen molar-refractivity contribution in [2.24, 2.45) is 5.41 Å². The number of unbranched alkanes of at least 4 members (excludes halogenated alkanes) is 10. The molecule has 6 nitrogen and oxygen atoms in total. The standard InChI is InChI=1S/C35H50B2O6/c1-5-7-9-11-13-17-23-35(24-18-14-12-10-8-6-2)25-30-33(31(26-35)42-37(40-3)41-4)32-28-20-16-15-19-27(28)21-22-29(32)34(30)43-36(38)39/h15-16,19-22,25-26,38-39H,5-14,17-18,23-24H2,1-4H3. The first-order chi connectivity index (χ1) is 21.0. The van der Waals surface area contributed by atoms with Gasteiger partial charge in [-0.1, -0.05) is 133 Å². The molecule has 0 atom stereocenters. The minimum absolute atomic E-state index is 0.275. The van der Waals surface area contributed by atoms with Crippen molar-refractivity contribution in [3.05, 3.63) is 70.3 Å². The molecule has 2 aromatic rings. The van der Waals surface area contributed by atoms with Gasteiger partial charge < -0.3 is 28.7 Å². The number of benzene rings is 2. The first-order valence-corrected chi connectivity index (χ1v) is 16.4. The lowest BCUT2D eigenvalue weighted by atomic mass is 9.72. The fourth-order valence-corrected chi connectivity index (χ4v) is 6.68.